The summed E-state index contributed by atoms with van der Waals surface area (Å²) >= 11 is 0. The molecule has 0 aliphatic carbocycles. The molecule has 0 bridgehead atoms. The first-order chi connectivity index (χ1) is 17.6. The Morgan fingerprint density at radius 1 is 0.833 bits per heavy atom. The minimum Gasteiger partial charge on any atom is -0.497 e. The Morgan fingerprint density at radius 3 is 1.97 bits per heavy atom. The first kappa shape index (κ1) is 24.5. The van der Waals surface area contributed by atoms with Gasteiger partial charge in [0, 0.05) is 29.2 Å². The summed E-state index contributed by atoms with van der Waals surface area (Å²) < 4.78 is 16.0. The molecule has 0 aliphatic rings. The van der Waals surface area contributed by atoms with Crippen molar-refractivity contribution in [1.29, 1.82) is 0 Å². The molecule has 0 radical (unpaired) electrons. The lowest BCUT2D eigenvalue weighted by molar-refractivity contribution is -0.142. The summed E-state index contributed by atoms with van der Waals surface area (Å²) in [5.41, 5.74) is 3.18. The van der Waals surface area contributed by atoms with Crippen LogP contribution in [-0.2, 0) is 16.0 Å². The van der Waals surface area contributed by atoms with E-state index >= 15 is 0 Å². The van der Waals surface area contributed by atoms with Crippen molar-refractivity contribution in [2.24, 2.45) is 0 Å². The molecule has 1 aromatic heterocycles. The molecule has 0 saturated carbocycles. The summed E-state index contributed by atoms with van der Waals surface area (Å²) in [5, 5.41) is 6.58. The van der Waals surface area contributed by atoms with Gasteiger partial charge in [-0.15, -0.1) is 0 Å². The average Bonchev–Trinajstić information content (AvgIpc) is 2.93. The maximum absolute atomic E-state index is 12.9. The zero-order valence-electron chi connectivity index (χ0n) is 20.4. The summed E-state index contributed by atoms with van der Waals surface area (Å²) in [6, 6.07) is 24.8. The van der Waals surface area contributed by atoms with Crippen molar-refractivity contribution in [3.63, 3.8) is 0 Å². The highest BCUT2D eigenvalue weighted by Crippen LogP contribution is 2.32. The zero-order chi connectivity index (χ0) is 25.3. The number of nitrogens with one attached hydrogen (secondary N) is 2. The Labute approximate surface area is 210 Å². The van der Waals surface area contributed by atoms with E-state index in [9.17, 15) is 4.79 Å². The molecule has 0 spiro atoms. The van der Waals surface area contributed by atoms with Crippen LogP contribution >= 0.6 is 0 Å². The second kappa shape index (κ2) is 11.7. The molecule has 8 nitrogen and oxygen atoms in total. The van der Waals surface area contributed by atoms with E-state index in [0.717, 1.165) is 16.9 Å². The van der Waals surface area contributed by atoms with Gasteiger partial charge in [-0.05, 0) is 48.4 Å². The molecule has 0 fully saturated rings. The van der Waals surface area contributed by atoms with Crippen molar-refractivity contribution in [1.82, 2.24) is 9.97 Å². The largest absolute Gasteiger partial charge is 0.497 e. The lowest BCUT2D eigenvalue weighted by Crippen LogP contribution is -2.18. The zero-order valence-corrected chi connectivity index (χ0v) is 20.4. The number of methoxy groups -OCH3 is 3. The monoisotopic (exact) mass is 484 g/mol. The third-order valence-corrected chi connectivity index (χ3v) is 5.62. The third kappa shape index (κ3) is 6.09. The van der Waals surface area contributed by atoms with E-state index in [1.54, 1.807) is 38.6 Å². The predicted molar refractivity (Wildman–Crippen MR) is 139 cm³/mol. The van der Waals surface area contributed by atoms with Gasteiger partial charge in [-0.1, -0.05) is 36.4 Å². The molecular weight excluding hydrogens is 456 g/mol. The van der Waals surface area contributed by atoms with Crippen LogP contribution in [0.3, 0.4) is 0 Å². The molecule has 3 aromatic carbocycles. The predicted octanol–water partition coefficient (Wildman–Crippen LogP) is 5.48. The van der Waals surface area contributed by atoms with Crippen molar-refractivity contribution < 1.29 is 19.0 Å². The van der Waals surface area contributed by atoms with Gasteiger partial charge < -0.3 is 24.8 Å². The molecule has 1 atom stereocenters. The van der Waals surface area contributed by atoms with Gasteiger partial charge in [0.1, 0.15) is 17.3 Å². The van der Waals surface area contributed by atoms with Crippen LogP contribution < -0.4 is 20.1 Å². The summed E-state index contributed by atoms with van der Waals surface area (Å²) in [5.74, 6) is 1.16. The number of benzene rings is 3. The van der Waals surface area contributed by atoms with Crippen LogP contribution in [0.4, 0.5) is 23.1 Å². The van der Waals surface area contributed by atoms with Crippen LogP contribution in [0.15, 0.2) is 85.1 Å². The van der Waals surface area contributed by atoms with Gasteiger partial charge in [-0.3, -0.25) is 4.79 Å². The highest BCUT2D eigenvalue weighted by atomic mass is 16.5. The van der Waals surface area contributed by atoms with Crippen LogP contribution in [0, 0.1) is 0 Å². The molecule has 184 valence electrons. The van der Waals surface area contributed by atoms with Gasteiger partial charge in [-0.25, -0.2) is 4.98 Å². The molecule has 4 aromatic rings. The lowest BCUT2D eigenvalue weighted by Gasteiger charge is -2.19. The minimum atomic E-state index is -0.633. The highest BCUT2D eigenvalue weighted by molar-refractivity contribution is 5.79. The fourth-order valence-corrected chi connectivity index (χ4v) is 3.76. The first-order valence-electron chi connectivity index (χ1n) is 11.4. The maximum atomic E-state index is 12.9. The maximum Gasteiger partial charge on any atom is 0.313 e. The number of rotatable bonds is 10. The molecule has 36 heavy (non-hydrogen) atoms. The van der Waals surface area contributed by atoms with Crippen molar-refractivity contribution in [3.8, 4) is 11.5 Å². The summed E-state index contributed by atoms with van der Waals surface area (Å²) in [6.45, 7) is 0. The second-order valence-electron chi connectivity index (χ2n) is 7.98. The van der Waals surface area contributed by atoms with Crippen LogP contribution in [-0.4, -0.2) is 37.3 Å². The number of para-hydroxylation sites is 2. The molecular formula is C28H28N4O4. The normalized spacial score (nSPS) is 11.3. The van der Waals surface area contributed by atoms with Crippen molar-refractivity contribution in [2.45, 2.75) is 12.3 Å². The summed E-state index contributed by atoms with van der Waals surface area (Å²) in [6.07, 6.45) is 2.01. The topological polar surface area (TPSA) is 94.6 Å². The molecule has 8 heteroatoms. The number of carbonyl (C=O) groups excluding carboxylic acids is 1. The Morgan fingerprint density at radius 2 is 1.42 bits per heavy atom. The molecule has 0 amide bonds. The van der Waals surface area contributed by atoms with E-state index < -0.39 is 5.92 Å². The van der Waals surface area contributed by atoms with Gasteiger partial charge in [0.05, 0.1) is 27.2 Å². The van der Waals surface area contributed by atoms with Crippen LogP contribution in [0.5, 0.6) is 11.5 Å². The standard InChI is InChI=1S/C28H28N4O4/c1-34-23-14-19(15-24(17-23)35-2)25(27(33)36-3)16-20-18-29-28(31-22-12-8-5-9-13-22)32-26(20)30-21-10-6-4-7-11-21/h4-15,17-18,25H,16H2,1-3H3,(H2,29,30,31,32). The molecule has 2 N–H and O–H groups in total. The van der Waals surface area contributed by atoms with E-state index in [0.29, 0.717) is 35.2 Å². The van der Waals surface area contributed by atoms with E-state index in [-0.39, 0.29) is 5.97 Å². The number of carbonyl (C=O) groups is 1. The van der Waals surface area contributed by atoms with Gasteiger partial charge in [0.15, 0.2) is 0 Å². The molecule has 0 saturated heterocycles. The van der Waals surface area contributed by atoms with Gasteiger partial charge >= 0.3 is 5.97 Å². The van der Waals surface area contributed by atoms with E-state index in [1.807, 2.05) is 60.7 Å². The number of ether oxygens (including phenoxy) is 3. The second-order valence-corrected chi connectivity index (χ2v) is 7.98. The Balaban J connectivity index is 1.72. The minimum absolute atomic E-state index is 0.295. The first-order valence-corrected chi connectivity index (χ1v) is 11.4. The van der Waals surface area contributed by atoms with Gasteiger partial charge in [0.25, 0.3) is 0 Å². The molecule has 1 heterocycles. The van der Waals surface area contributed by atoms with E-state index in [2.05, 4.69) is 15.6 Å². The fourth-order valence-electron chi connectivity index (χ4n) is 3.76. The quantitative estimate of drug-likeness (QED) is 0.286. The summed E-state index contributed by atoms with van der Waals surface area (Å²) in [4.78, 5) is 22.2. The SMILES string of the molecule is COC(=O)C(Cc1cnc(Nc2ccccc2)nc1Nc1ccccc1)c1cc(OC)cc(OC)c1. The number of hydrogen-bond acceptors (Lipinski definition) is 8. The number of esters is 1. The number of nitrogens with zero attached hydrogens (tertiary/aromatic N) is 2. The average molecular weight is 485 g/mol. The molecule has 4 rings (SSSR count). The Kier molecular flexibility index (Phi) is 7.97. The van der Waals surface area contributed by atoms with E-state index in [4.69, 9.17) is 19.2 Å². The van der Waals surface area contributed by atoms with Gasteiger partial charge in [0.2, 0.25) is 5.95 Å². The number of aromatic nitrogens is 2. The van der Waals surface area contributed by atoms with Crippen molar-refractivity contribution >= 4 is 29.1 Å². The van der Waals surface area contributed by atoms with Crippen LogP contribution in [0.2, 0.25) is 0 Å². The molecule has 0 aliphatic heterocycles. The number of anilines is 4. The van der Waals surface area contributed by atoms with Crippen molar-refractivity contribution in [2.75, 3.05) is 32.0 Å². The van der Waals surface area contributed by atoms with Crippen LogP contribution in [0.1, 0.15) is 17.0 Å². The van der Waals surface area contributed by atoms with E-state index in [1.165, 1.54) is 7.11 Å². The van der Waals surface area contributed by atoms with Crippen molar-refractivity contribution in [3.05, 3.63) is 96.2 Å². The highest BCUT2D eigenvalue weighted by Gasteiger charge is 2.25. The van der Waals surface area contributed by atoms with Gasteiger partial charge in [-0.2, -0.15) is 4.98 Å². The fraction of sp³-hybridized carbons (Fsp3) is 0.179. The Hall–Kier alpha value is -4.59. The Bertz CT molecular complexity index is 1280. The smallest absolute Gasteiger partial charge is 0.313 e. The number of hydrogen-bond donors (Lipinski definition) is 2. The molecule has 1 unspecified atom stereocenters. The summed E-state index contributed by atoms with van der Waals surface area (Å²) in [7, 11) is 4.51. The van der Waals surface area contributed by atoms with Crippen LogP contribution in [0.25, 0.3) is 0 Å². The third-order valence-electron chi connectivity index (χ3n) is 5.62. The lowest BCUT2D eigenvalue weighted by atomic mass is 9.92.